The Morgan fingerprint density at radius 1 is 1.21 bits per heavy atom. The maximum Gasteiger partial charge on any atom is 0.200 e. The highest BCUT2D eigenvalue weighted by Gasteiger charge is 2.74. The zero-order chi connectivity index (χ0) is 22.5. The number of ether oxygens (including phenoxy) is 1. The van der Waals surface area contributed by atoms with Gasteiger partial charge in [-0.15, -0.1) is 0 Å². The summed E-state index contributed by atoms with van der Waals surface area (Å²) in [5.74, 6) is 0.394. The van der Waals surface area contributed by atoms with E-state index in [0.29, 0.717) is 35.6 Å². The van der Waals surface area contributed by atoms with Crippen molar-refractivity contribution in [3.8, 4) is 11.5 Å². The first-order valence-electron chi connectivity index (χ1n) is 11.9. The van der Waals surface area contributed by atoms with Gasteiger partial charge < -0.3 is 14.9 Å². The Morgan fingerprint density at radius 2 is 2.03 bits per heavy atom. The number of aromatic hydroxyl groups is 1. The number of phenolic OH excluding ortho intramolecular Hbond substituents is 1. The van der Waals surface area contributed by atoms with Crippen LogP contribution in [0.2, 0.25) is 0 Å². The normalized spacial score (nSPS) is 35.5. The number of hydrogen-bond acceptors (Lipinski definition) is 5. The molecule has 2 bridgehead atoms. The molecule has 5 nitrogen and oxygen atoms in total. The van der Waals surface area contributed by atoms with E-state index in [1.165, 1.54) is 18.9 Å². The van der Waals surface area contributed by atoms with Gasteiger partial charge in [0.25, 0.3) is 0 Å². The van der Waals surface area contributed by atoms with Crippen molar-refractivity contribution >= 4 is 11.9 Å². The fourth-order valence-electron chi connectivity index (χ4n) is 7.09. The van der Waals surface area contributed by atoms with Gasteiger partial charge in [-0.25, -0.2) is 4.39 Å². The Labute approximate surface area is 191 Å². The summed E-state index contributed by atoms with van der Waals surface area (Å²) in [6.45, 7) is 1.74. The van der Waals surface area contributed by atoms with E-state index in [4.69, 9.17) is 4.74 Å². The number of rotatable bonds is 3. The standard InChI is InChI=1S/C27H26FNO4/c28-19-4-2-1-3-16(19)11-18-13-27(32)21-12-17-7-8-20(30)24-22(17)26(27,25(33-24)23(18)31)9-10-29(21)14-15-5-6-15/h1-4,7-8,11,15,21,25,30,32H,5-6,9-10,12-14H2/b18-11-/t21?,25-,26?,27+/m0/s1. The van der Waals surface area contributed by atoms with Gasteiger partial charge in [0.15, 0.2) is 23.4 Å². The number of carbonyl (C=O) groups excluding carboxylic acids is 1. The number of Topliss-reactive ketones (excluding diaryl/α,β-unsaturated/α-hetero) is 1. The first kappa shape index (κ1) is 19.7. The first-order chi connectivity index (χ1) is 15.9. The fraction of sp³-hybridized carbons (Fsp3) is 0.444. The van der Waals surface area contributed by atoms with E-state index in [1.807, 2.05) is 6.07 Å². The number of nitrogens with zero attached hydrogens (tertiary/aromatic N) is 1. The lowest BCUT2D eigenvalue weighted by Crippen LogP contribution is -2.77. The fourth-order valence-corrected chi connectivity index (χ4v) is 7.09. The molecule has 1 saturated heterocycles. The highest BCUT2D eigenvalue weighted by atomic mass is 19.1. The molecule has 3 aliphatic carbocycles. The molecule has 2 saturated carbocycles. The Morgan fingerprint density at radius 3 is 2.82 bits per heavy atom. The molecule has 4 atom stereocenters. The molecule has 2 aromatic carbocycles. The van der Waals surface area contributed by atoms with Crippen LogP contribution in [0.1, 0.15) is 42.4 Å². The lowest BCUT2D eigenvalue weighted by molar-refractivity contribution is -0.179. The van der Waals surface area contributed by atoms with Crippen molar-refractivity contribution in [1.29, 1.82) is 0 Å². The average Bonchev–Trinajstić information content (AvgIpc) is 3.53. The molecule has 2 heterocycles. The summed E-state index contributed by atoms with van der Waals surface area (Å²) in [4.78, 5) is 16.2. The van der Waals surface area contributed by atoms with Crippen molar-refractivity contribution in [2.45, 2.75) is 55.3 Å². The zero-order valence-electron chi connectivity index (χ0n) is 18.3. The minimum absolute atomic E-state index is 0.00571. The van der Waals surface area contributed by atoms with Crippen molar-refractivity contribution in [1.82, 2.24) is 4.90 Å². The van der Waals surface area contributed by atoms with E-state index in [0.717, 1.165) is 24.2 Å². The van der Waals surface area contributed by atoms with E-state index in [1.54, 1.807) is 30.3 Å². The van der Waals surface area contributed by atoms with Crippen LogP contribution < -0.4 is 4.74 Å². The van der Waals surface area contributed by atoms with Gasteiger partial charge in [-0.3, -0.25) is 9.69 Å². The molecule has 2 aromatic rings. The summed E-state index contributed by atoms with van der Waals surface area (Å²) in [7, 11) is 0. The van der Waals surface area contributed by atoms with E-state index in [9.17, 15) is 19.4 Å². The molecule has 3 fully saturated rings. The smallest absolute Gasteiger partial charge is 0.200 e. The molecular formula is C27H26FNO4. The minimum atomic E-state index is -1.23. The maximum atomic E-state index is 14.4. The summed E-state index contributed by atoms with van der Waals surface area (Å²) < 4.78 is 20.6. The highest BCUT2D eigenvalue weighted by Crippen LogP contribution is 2.65. The third-order valence-corrected chi connectivity index (χ3v) is 8.76. The molecule has 1 spiro atoms. The van der Waals surface area contributed by atoms with Crippen molar-refractivity contribution < 1.29 is 24.1 Å². The first-order valence-corrected chi connectivity index (χ1v) is 11.9. The SMILES string of the molecule is O=C1/C(=C\c2ccccc2F)C[C@@]2(O)C3Cc4ccc(O)c5c4C2(CCN3CC2CC2)[C@H]1O5. The highest BCUT2D eigenvalue weighted by molar-refractivity contribution is 6.06. The van der Waals surface area contributed by atoms with Crippen LogP contribution in [0.15, 0.2) is 42.0 Å². The Balaban J connectivity index is 1.42. The molecular weight excluding hydrogens is 421 g/mol. The predicted molar refractivity (Wildman–Crippen MR) is 120 cm³/mol. The van der Waals surface area contributed by atoms with Gasteiger partial charge in [0, 0.05) is 35.7 Å². The second kappa shape index (κ2) is 6.45. The van der Waals surface area contributed by atoms with Gasteiger partial charge >= 0.3 is 0 Å². The number of aliphatic hydroxyl groups is 1. The summed E-state index contributed by atoms with van der Waals surface area (Å²) in [5.41, 5.74) is 0.461. The van der Waals surface area contributed by atoms with Gasteiger partial charge in [-0.05, 0) is 61.9 Å². The lowest BCUT2D eigenvalue weighted by atomic mass is 9.48. The lowest BCUT2D eigenvalue weighted by Gasteiger charge is -2.62. The number of halogens is 1. The van der Waals surface area contributed by atoms with Crippen LogP contribution in [-0.4, -0.2) is 51.7 Å². The van der Waals surface area contributed by atoms with E-state index >= 15 is 0 Å². The van der Waals surface area contributed by atoms with Crippen molar-refractivity contribution in [3.63, 3.8) is 0 Å². The quantitative estimate of drug-likeness (QED) is 0.707. The molecule has 0 radical (unpaired) electrons. The van der Waals surface area contributed by atoms with Crippen LogP contribution >= 0.6 is 0 Å². The summed E-state index contributed by atoms with van der Waals surface area (Å²) in [6, 6.07) is 9.76. The topological polar surface area (TPSA) is 70.0 Å². The summed E-state index contributed by atoms with van der Waals surface area (Å²) >= 11 is 0. The molecule has 170 valence electrons. The van der Waals surface area contributed by atoms with Crippen molar-refractivity contribution in [2.24, 2.45) is 5.92 Å². The van der Waals surface area contributed by atoms with E-state index in [-0.39, 0.29) is 24.0 Å². The number of piperidine rings is 1. The Kier molecular flexibility index (Phi) is 3.86. The van der Waals surface area contributed by atoms with E-state index < -0.39 is 22.9 Å². The number of hydrogen-bond donors (Lipinski definition) is 2. The number of phenols is 1. The number of likely N-dealkylation sites (tertiary alicyclic amines) is 1. The molecule has 5 aliphatic rings. The van der Waals surface area contributed by atoms with Crippen LogP contribution in [0.25, 0.3) is 6.08 Å². The number of carbonyl (C=O) groups is 1. The monoisotopic (exact) mass is 447 g/mol. The summed E-state index contributed by atoms with van der Waals surface area (Å²) in [5, 5.41) is 23.2. The summed E-state index contributed by atoms with van der Waals surface area (Å²) in [6.07, 6.45) is 4.51. The average molecular weight is 448 g/mol. The van der Waals surface area contributed by atoms with Crippen LogP contribution in [0.4, 0.5) is 4.39 Å². The van der Waals surface area contributed by atoms with Gasteiger partial charge in [0.1, 0.15) is 5.82 Å². The molecule has 0 amide bonds. The van der Waals surface area contributed by atoms with E-state index in [2.05, 4.69) is 4.90 Å². The Hall–Kier alpha value is -2.70. The predicted octanol–water partition coefficient (Wildman–Crippen LogP) is 3.36. The van der Waals surface area contributed by atoms with Gasteiger partial charge in [-0.1, -0.05) is 24.3 Å². The van der Waals surface area contributed by atoms with Crippen LogP contribution in [-0.2, 0) is 16.6 Å². The third kappa shape index (κ3) is 2.46. The molecule has 33 heavy (non-hydrogen) atoms. The second-order valence-corrected chi connectivity index (χ2v) is 10.5. The molecule has 6 heteroatoms. The molecule has 2 unspecified atom stereocenters. The van der Waals surface area contributed by atoms with Crippen molar-refractivity contribution in [3.05, 3.63) is 64.5 Å². The van der Waals surface area contributed by atoms with Crippen LogP contribution in [0, 0.1) is 11.7 Å². The van der Waals surface area contributed by atoms with Crippen LogP contribution in [0.3, 0.4) is 0 Å². The molecule has 7 rings (SSSR count). The molecule has 2 N–H and O–H groups in total. The number of ketones is 1. The minimum Gasteiger partial charge on any atom is -0.504 e. The van der Waals surface area contributed by atoms with Gasteiger partial charge in [-0.2, -0.15) is 0 Å². The third-order valence-electron chi connectivity index (χ3n) is 8.76. The van der Waals surface area contributed by atoms with Gasteiger partial charge in [0.05, 0.1) is 11.0 Å². The number of benzene rings is 2. The second-order valence-electron chi connectivity index (χ2n) is 10.5. The Bertz CT molecular complexity index is 1240. The largest absolute Gasteiger partial charge is 0.504 e. The van der Waals surface area contributed by atoms with Gasteiger partial charge in [0.2, 0.25) is 0 Å². The molecule has 2 aliphatic heterocycles. The maximum absolute atomic E-state index is 14.4. The zero-order valence-corrected chi connectivity index (χ0v) is 18.3. The van der Waals surface area contributed by atoms with Crippen LogP contribution in [0.5, 0.6) is 11.5 Å². The molecule has 0 aromatic heterocycles. The van der Waals surface area contributed by atoms with Crippen molar-refractivity contribution in [2.75, 3.05) is 13.1 Å².